The molecular formula is C20H18N4O3S. The average Bonchev–Trinajstić information content (AvgIpc) is 3.46. The van der Waals surface area contributed by atoms with E-state index in [1.807, 2.05) is 42.2 Å². The minimum absolute atomic E-state index is 0.0903. The molecular weight excluding hydrogens is 376 g/mol. The van der Waals surface area contributed by atoms with E-state index >= 15 is 0 Å². The number of piperidine rings is 1. The predicted molar refractivity (Wildman–Crippen MR) is 104 cm³/mol. The molecule has 1 fully saturated rings. The maximum atomic E-state index is 12.8. The number of fused-ring (bicyclic) bond motifs is 1. The second kappa shape index (κ2) is 6.87. The lowest BCUT2D eigenvalue weighted by Crippen LogP contribution is -2.37. The number of thiazole rings is 1. The first kappa shape index (κ1) is 17.1. The van der Waals surface area contributed by atoms with Gasteiger partial charge in [-0.05, 0) is 44.0 Å². The van der Waals surface area contributed by atoms with E-state index < -0.39 is 0 Å². The van der Waals surface area contributed by atoms with E-state index in [4.69, 9.17) is 8.94 Å². The highest BCUT2D eigenvalue weighted by molar-refractivity contribution is 7.21. The molecule has 0 atom stereocenters. The maximum absolute atomic E-state index is 12.8. The zero-order valence-corrected chi connectivity index (χ0v) is 16.1. The van der Waals surface area contributed by atoms with Crippen molar-refractivity contribution < 1.29 is 13.7 Å². The smallest absolute Gasteiger partial charge is 0.289 e. The molecule has 8 heteroatoms. The molecule has 1 aliphatic rings. The van der Waals surface area contributed by atoms with Crippen LogP contribution in [0.2, 0.25) is 0 Å². The molecule has 3 aromatic heterocycles. The number of carbonyl (C=O) groups excluding carboxylic acids is 1. The van der Waals surface area contributed by atoms with Crippen molar-refractivity contribution in [3.05, 3.63) is 53.9 Å². The highest BCUT2D eigenvalue weighted by Crippen LogP contribution is 2.32. The standard InChI is InChI=1S/C20H18N4O3S/c1-12-21-18(27-23-12)13-8-10-24(11-9-13)20(25)16-7-6-15(26-16)19-22-14-4-2-3-5-17(14)28-19/h2-7,13H,8-11H2,1H3. The summed E-state index contributed by atoms with van der Waals surface area (Å²) in [6.07, 6.45) is 1.61. The molecule has 7 nitrogen and oxygen atoms in total. The second-order valence-electron chi connectivity index (χ2n) is 6.90. The van der Waals surface area contributed by atoms with Gasteiger partial charge in [-0.1, -0.05) is 17.3 Å². The zero-order chi connectivity index (χ0) is 19.1. The van der Waals surface area contributed by atoms with Crippen LogP contribution >= 0.6 is 11.3 Å². The minimum atomic E-state index is -0.0903. The van der Waals surface area contributed by atoms with Gasteiger partial charge in [-0.3, -0.25) is 4.79 Å². The van der Waals surface area contributed by atoms with Crippen LogP contribution in [0.5, 0.6) is 0 Å². The van der Waals surface area contributed by atoms with Crippen molar-refractivity contribution in [2.24, 2.45) is 0 Å². The first-order valence-corrected chi connectivity index (χ1v) is 10.0. The Balaban J connectivity index is 1.29. The molecule has 5 rings (SSSR count). The van der Waals surface area contributed by atoms with Crippen LogP contribution in [-0.2, 0) is 0 Å². The summed E-state index contributed by atoms with van der Waals surface area (Å²) >= 11 is 1.56. The summed E-state index contributed by atoms with van der Waals surface area (Å²) in [5.74, 6) is 2.40. The second-order valence-corrected chi connectivity index (χ2v) is 7.93. The fourth-order valence-corrected chi connectivity index (χ4v) is 4.44. The Labute approximate surface area is 165 Å². The third kappa shape index (κ3) is 3.09. The van der Waals surface area contributed by atoms with Crippen molar-refractivity contribution in [3.63, 3.8) is 0 Å². The summed E-state index contributed by atoms with van der Waals surface area (Å²) in [5.41, 5.74) is 0.935. The quantitative estimate of drug-likeness (QED) is 0.516. The number of rotatable bonds is 3. The molecule has 4 aromatic rings. The van der Waals surface area contributed by atoms with Crippen molar-refractivity contribution in [2.45, 2.75) is 25.7 Å². The van der Waals surface area contributed by atoms with E-state index in [1.165, 1.54) is 0 Å². The number of furan rings is 1. The van der Waals surface area contributed by atoms with Gasteiger partial charge in [-0.2, -0.15) is 4.98 Å². The van der Waals surface area contributed by atoms with Crippen molar-refractivity contribution in [1.29, 1.82) is 0 Å². The van der Waals surface area contributed by atoms with Gasteiger partial charge in [0.2, 0.25) is 5.89 Å². The monoisotopic (exact) mass is 394 g/mol. The number of hydrogen-bond acceptors (Lipinski definition) is 7. The van der Waals surface area contributed by atoms with Crippen LogP contribution in [0.3, 0.4) is 0 Å². The average molecular weight is 394 g/mol. The molecule has 1 amide bonds. The maximum Gasteiger partial charge on any atom is 0.289 e. The summed E-state index contributed by atoms with van der Waals surface area (Å²) in [6.45, 7) is 3.09. The molecule has 1 aromatic carbocycles. The van der Waals surface area contributed by atoms with Crippen LogP contribution in [-0.4, -0.2) is 39.0 Å². The molecule has 0 bridgehead atoms. The van der Waals surface area contributed by atoms with Crippen LogP contribution in [0.1, 0.15) is 41.0 Å². The molecule has 1 saturated heterocycles. The Morgan fingerprint density at radius 2 is 1.96 bits per heavy atom. The molecule has 1 aliphatic heterocycles. The number of carbonyl (C=O) groups is 1. The number of aryl methyl sites for hydroxylation is 1. The lowest BCUT2D eigenvalue weighted by molar-refractivity contribution is 0.0673. The van der Waals surface area contributed by atoms with Crippen LogP contribution in [0.25, 0.3) is 21.0 Å². The molecule has 4 heterocycles. The molecule has 0 spiro atoms. The molecule has 28 heavy (non-hydrogen) atoms. The Morgan fingerprint density at radius 1 is 1.14 bits per heavy atom. The van der Waals surface area contributed by atoms with Gasteiger partial charge in [0.15, 0.2) is 22.4 Å². The summed E-state index contributed by atoms with van der Waals surface area (Å²) < 4.78 is 12.2. The number of aromatic nitrogens is 3. The highest BCUT2D eigenvalue weighted by Gasteiger charge is 2.29. The molecule has 0 saturated carbocycles. The van der Waals surface area contributed by atoms with Crippen LogP contribution in [0, 0.1) is 6.92 Å². The van der Waals surface area contributed by atoms with Gasteiger partial charge >= 0.3 is 0 Å². The van der Waals surface area contributed by atoms with Gasteiger partial charge < -0.3 is 13.8 Å². The third-order valence-electron chi connectivity index (χ3n) is 5.00. The Kier molecular flexibility index (Phi) is 4.20. The van der Waals surface area contributed by atoms with Gasteiger partial charge in [-0.25, -0.2) is 4.98 Å². The Morgan fingerprint density at radius 3 is 2.71 bits per heavy atom. The van der Waals surface area contributed by atoms with Gasteiger partial charge in [0.1, 0.15) is 0 Å². The first-order valence-electron chi connectivity index (χ1n) is 9.22. The normalized spacial score (nSPS) is 15.4. The largest absolute Gasteiger partial charge is 0.448 e. The fraction of sp³-hybridized carbons (Fsp3) is 0.300. The predicted octanol–water partition coefficient (Wildman–Crippen LogP) is 4.27. The minimum Gasteiger partial charge on any atom is -0.448 e. The van der Waals surface area contributed by atoms with E-state index in [9.17, 15) is 4.79 Å². The Bertz CT molecular complexity index is 1100. The molecule has 0 N–H and O–H groups in total. The Hall–Kier alpha value is -3.00. The molecule has 0 aliphatic carbocycles. The van der Waals surface area contributed by atoms with E-state index in [-0.39, 0.29) is 11.8 Å². The van der Waals surface area contributed by atoms with E-state index in [0.29, 0.717) is 36.3 Å². The van der Waals surface area contributed by atoms with Crippen molar-refractivity contribution in [1.82, 2.24) is 20.0 Å². The van der Waals surface area contributed by atoms with Gasteiger partial charge in [-0.15, -0.1) is 11.3 Å². The number of para-hydroxylation sites is 1. The number of nitrogens with zero attached hydrogens (tertiary/aromatic N) is 4. The molecule has 142 valence electrons. The topological polar surface area (TPSA) is 85.3 Å². The molecule has 0 radical (unpaired) electrons. The van der Waals surface area contributed by atoms with E-state index in [2.05, 4.69) is 15.1 Å². The van der Waals surface area contributed by atoms with Gasteiger partial charge in [0, 0.05) is 19.0 Å². The van der Waals surface area contributed by atoms with Gasteiger partial charge in [0.25, 0.3) is 5.91 Å². The highest BCUT2D eigenvalue weighted by atomic mass is 32.1. The molecule has 0 unspecified atom stereocenters. The van der Waals surface area contributed by atoms with Gasteiger partial charge in [0.05, 0.1) is 10.2 Å². The summed E-state index contributed by atoms with van der Waals surface area (Å²) in [7, 11) is 0. The first-order chi connectivity index (χ1) is 13.7. The fourth-order valence-electron chi connectivity index (χ4n) is 3.51. The van der Waals surface area contributed by atoms with E-state index in [0.717, 1.165) is 28.1 Å². The summed E-state index contributed by atoms with van der Waals surface area (Å²) in [6, 6.07) is 11.5. The lowest BCUT2D eigenvalue weighted by Gasteiger charge is -2.29. The SMILES string of the molecule is Cc1noc(C2CCN(C(=O)c3ccc(-c4nc5ccccc5s4)o3)CC2)n1. The lowest BCUT2D eigenvalue weighted by atomic mass is 9.96. The summed E-state index contributed by atoms with van der Waals surface area (Å²) in [5, 5.41) is 4.64. The van der Waals surface area contributed by atoms with Crippen molar-refractivity contribution in [3.8, 4) is 10.8 Å². The number of hydrogen-bond donors (Lipinski definition) is 0. The van der Waals surface area contributed by atoms with Crippen molar-refractivity contribution in [2.75, 3.05) is 13.1 Å². The van der Waals surface area contributed by atoms with E-state index in [1.54, 1.807) is 17.4 Å². The summed E-state index contributed by atoms with van der Waals surface area (Å²) in [4.78, 5) is 23.5. The number of amides is 1. The number of benzene rings is 1. The van der Waals surface area contributed by atoms with Crippen molar-refractivity contribution >= 4 is 27.5 Å². The third-order valence-corrected chi connectivity index (χ3v) is 6.05. The van der Waals surface area contributed by atoms with Crippen LogP contribution in [0.15, 0.2) is 45.3 Å². The number of likely N-dealkylation sites (tertiary alicyclic amines) is 1. The van der Waals surface area contributed by atoms with Crippen LogP contribution in [0.4, 0.5) is 0 Å². The zero-order valence-electron chi connectivity index (χ0n) is 15.3. The van der Waals surface area contributed by atoms with Crippen LogP contribution < -0.4 is 0 Å².